The number of benzene rings is 2. The third-order valence-corrected chi connectivity index (χ3v) is 3.24. The van der Waals surface area contributed by atoms with Gasteiger partial charge in [-0.05, 0) is 71.5 Å². The van der Waals surface area contributed by atoms with Gasteiger partial charge in [0, 0.05) is 11.8 Å². The summed E-state index contributed by atoms with van der Waals surface area (Å²) in [5.41, 5.74) is 2.36. The van der Waals surface area contributed by atoms with Crippen molar-refractivity contribution in [3.63, 3.8) is 0 Å². The highest BCUT2D eigenvalue weighted by atomic mass is 127. The first kappa shape index (κ1) is 13.0. The van der Waals surface area contributed by atoms with Crippen molar-refractivity contribution in [3.8, 4) is 5.75 Å². The van der Waals surface area contributed by atoms with Crippen LogP contribution in [0.2, 0.25) is 0 Å². The number of phenolic OH excluding ortho intramolecular Hbond substituents is 1. The van der Waals surface area contributed by atoms with E-state index in [9.17, 15) is 9.50 Å². The van der Waals surface area contributed by atoms with Crippen LogP contribution in [-0.2, 0) is 0 Å². The molecule has 92 valence electrons. The fourth-order valence-electron chi connectivity index (χ4n) is 1.53. The standard InChI is InChI=1S/C14H11FINO/c1-9-6-10(14(18)13(16)7-9)8-17-12-4-2-11(15)3-5-12/h2-8,18H,1H3/b17-8+. The van der Waals surface area contributed by atoms with Crippen LogP contribution in [0.3, 0.4) is 0 Å². The highest BCUT2D eigenvalue weighted by molar-refractivity contribution is 14.1. The molecule has 0 unspecified atom stereocenters. The summed E-state index contributed by atoms with van der Waals surface area (Å²) < 4.78 is 13.5. The van der Waals surface area contributed by atoms with E-state index in [1.165, 1.54) is 12.1 Å². The van der Waals surface area contributed by atoms with E-state index in [4.69, 9.17) is 0 Å². The smallest absolute Gasteiger partial charge is 0.137 e. The molecule has 0 atom stereocenters. The number of phenols is 1. The number of aromatic hydroxyl groups is 1. The maximum atomic E-state index is 12.7. The van der Waals surface area contributed by atoms with E-state index in [2.05, 4.69) is 27.6 Å². The zero-order valence-electron chi connectivity index (χ0n) is 9.69. The molecule has 0 aliphatic rings. The Kier molecular flexibility index (Phi) is 3.96. The molecule has 0 bridgehead atoms. The minimum absolute atomic E-state index is 0.215. The van der Waals surface area contributed by atoms with Crippen LogP contribution in [0.25, 0.3) is 0 Å². The van der Waals surface area contributed by atoms with Crippen LogP contribution >= 0.6 is 22.6 Å². The predicted octanol–water partition coefficient (Wildman–Crippen LogP) is 4.19. The third kappa shape index (κ3) is 3.07. The summed E-state index contributed by atoms with van der Waals surface area (Å²) in [6.45, 7) is 1.96. The average Bonchev–Trinajstić information content (AvgIpc) is 2.34. The molecule has 0 heterocycles. The van der Waals surface area contributed by atoms with E-state index < -0.39 is 0 Å². The normalized spacial score (nSPS) is 11.1. The highest BCUT2D eigenvalue weighted by Gasteiger charge is 2.04. The topological polar surface area (TPSA) is 32.6 Å². The van der Waals surface area contributed by atoms with E-state index in [1.54, 1.807) is 18.3 Å². The van der Waals surface area contributed by atoms with Gasteiger partial charge in [-0.2, -0.15) is 0 Å². The zero-order chi connectivity index (χ0) is 13.1. The fourth-order valence-corrected chi connectivity index (χ4v) is 2.33. The van der Waals surface area contributed by atoms with Crippen LogP contribution in [-0.4, -0.2) is 11.3 Å². The second-order valence-corrected chi connectivity index (χ2v) is 5.08. The third-order valence-electron chi connectivity index (χ3n) is 2.42. The second-order valence-electron chi connectivity index (χ2n) is 3.92. The molecule has 0 amide bonds. The molecule has 0 spiro atoms. The largest absolute Gasteiger partial charge is 0.506 e. The van der Waals surface area contributed by atoms with Crippen molar-refractivity contribution in [2.45, 2.75) is 6.92 Å². The molecular weight excluding hydrogens is 344 g/mol. The molecule has 1 N–H and O–H groups in total. The van der Waals surface area contributed by atoms with Crippen LogP contribution in [0.15, 0.2) is 41.4 Å². The van der Waals surface area contributed by atoms with E-state index in [0.29, 0.717) is 11.3 Å². The van der Waals surface area contributed by atoms with Gasteiger partial charge in [-0.25, -0.2) is 4.39 Å². The van der Waals surface area contributed by atoms with Crippen LogP contribution in [0.5, 0.6) is 5.75 Å². The van der Waals surface area contributed by atoms with Gasteiger partial charge in [-0.15, -0.1) is 0 Å². The maximum Gasteiger partial charge on any atom is 0.137 e. The number of hydrogen-bond acceptors (Lipinski definition) is 2. The summed E-state index contributed by atoms with van der Waals surface area (Å²) >= 11 is 2.07. The van der Waals surface area contributed by atoms with Crippen LogP contribution in [0.1, 0.15) is 11.1 Å². The van der Waals surface area contributed by atoms with Crippen molar-refractivity contribution in [1.29, 1.82) is 0 Å². The van der Waals surface area contributed by atoms with Gasteiger partial charge in [0.1, 0.15) is 11.6 Å². The Morgan fingerprint density at radius 2 is 1.89 bits per heavy atom. The molecule has 0 radical (unpaired) electrons. The molecule has 2 aromatic carbocycles. The lowest BCUT2D eigenvalue weighted by molar-refractivity contribution is 0.470. The van der Waals surface area contributed by atoms with Crippen molar-refractivity contribution >= 4 is 34.5 Å². The quantitative estimate of drug-likeness (QED) is 0.636. The van der Waals surface area contributed by atoms with Crippen molar-refractivity contribution in [2.75, 3.05) is 0 Å². The summed E-state index contributed by atoms with van der Waals surface area (Å²) in [5, 5.41) is 9.89. The molecule has 0 fully saturated rings. The average molecular weight is 355 g/mol. The monoisotopic (exact) mass is 355 g/mol. The molecular formula is C14H11FINO. The van der Waals surface area contributed by atoms with E-state index in [1.807, 2.05) is 19.1 Å². The molecule has 2 nitrogen and oxygen atoms in total. The molecule has 0 saturated carbocycles. The Hall–Kier alpha value is -1.43. The lowest BCUT2D eigenvalue weighted by atomic mass is 10.1. The van der Waals surface area contributed by atoms with Crippen LogP contribution in [0, 0.1) is 16.3 Å². The Balaban J connectivity index is 2.31. The number of nitrogens with zero attached hydrogens (tertiary/aromatic N) is 1. The predicted molar refractivity (Wildman–Crippen MR) is 79.2 cm³/mol. The van der Waals surface area contributed by atoms with Crippen LogP contribution in [0.4, 0.5) is 10.1 Å². The maximum absolute atomic E-state index is 12.7. The Morgan fingerprint density at radius 3 is 2.56 bits per heavy atom. The summed E-state index contributed by atoms with van der Waals surface area (Å²) in [4.78, 5) is 4.21. The molecule has 0 aliphatic carbocycles. The molecule has 0 aliphatic heterocycles. The summed E-state index contributed by atoms with van der Waals surface area (Å²) in [6, 6.07) is 9.63. The minimum atomic E-state index is -0.290. The Bertz CT molecular complexity index is 593. The first-order valence-corrected chi connectivity index (χ1v) is 6.43. The number of aliphatic imine (C=N–C) groups is 1. The molecule has 0 aromatic heterocycles. The summed E-state index contributed by atoms with van der Waals surface area (Å²) in [5.74, 6) is -0.0750. The summed E-state index contributed by atoms with van der Waals surface area (Å²) in [6.07, 6.45) is 1.58. The molecule has 2 aromatic rings. The number of halogens is 2. The lowest BCUT2D eigenvalue weighted by Crippen LogP contribution is -1.87. The van der Waals surface area contributed by atoms with Crippen molar-refractivity contribution < 1.29 is 9.50 Å². The van der Waals surface area contributed by atoms with Gasteiger partial charge in [0.15, 0.2) is 0 Å². The second kappa shape index (κ2) is 5.48. The minimum Gasteiger partial charge on any atom is -0.506 e. The molecule has 0 saturated heterocycles. The highest BCUT2D eigenvalue weighted by Crippen LogP contribution is 2.25. The first-order chi connectivity index (χ1) is 8.56. The number of hydrogen-bond donors (Lipinski definition) is 1. The van der Waals surface area contributed by atoms with Gasteiger partial charge in [0.2, 0.25) is 0 Å². The SMILES string of the molecule is Cc1cc(I)c(O)c(/C=N/c2ccc(F)cc2)c1. The van der Waals surface area contributed by atoms with Crippen molar-refractivity contribution in [2.24, 2.45) is 4.99 Å². The zero-order valence-corrected chi connectivity index (χ0v) is 11.8. The van der Waals surface area contributed by atoms with E-state index in [0.717, 1.165) is 9.13 Å². The van der Waals surface area contributed by atoms with E-state index in [-0.39, 0.29) is 11.6 Å². The van der Waals surface area contributed by atoms with Gasteiger partial charge >= 0.3 is 0 Å². The number of rotatable bonds is 2. The van der Waals surface area contributed by atoms with Gasteiger partial charge < -0.3 is 5.11 Å². The Morgan fingerprint density at radius 1 is 1.22 bits per heavy atom. The van der Waals surface area contributed by atoms with E-state index >= 15 is 0 Å². The number of aryl methyl sites for hydroxylation is 1. The summed E-state index contributed by atoms with van der Waals surface area (Å²) in [7, 11) is 0. The molecule has 18 heavy (non-hydrogen) atoms. The molecule has 2 rings (SSSR count). The van der Waals surface area contributed by atoms with Crippen molar-refractivity contribution in [3.05, 3.63) is 56.9 Å². The Labute approximate surface area is 118 Å². The van der Waals surface area contributed by atoms with Gasteiger partial charge in [-0.3, -0.25) is 4.99 Å². The van der Waals surface area contributed by atoms with Gasteiger partial charge in [0.25, 0.3) is 0 Å². The van der Waals surface area contributed by atoms with Crippen molar-refractivity contribution in [1.82, 2.24) is 0 Å². The molecule has 4 heteroatoms. The van der Waals surface area contributed by atoms with Gasteiger partial charge in [-0.1, -0.05) is 0 Å². The lowest BCUT2D eigenvalue weighted by Gasteiger charge is -2.03. The fraction of sp³-hybridized carbons (Fsp3) is 0.0714. The first-order valence-electron chi connectivity index (χ1n) is 5.35. The van der Waals surface area contributed by atoms with Crippen LogP contribution < -0.4 is 0 Å². The van der Waals surface area contributed by atoms with Gasteiger partial charge in [0.05, 0.1) is 9.26 Å².